The normalized spacial score (nSPS) is 15.0. The van der Waals surface area contributed by atoms with Crippen LogP contribution in [0.3, 0.4) is 0 Å². The Bertz CT molecular complexity index is 376. The molecule has 0 bridgehead atoms. The molecule has 1 aromatic heterocycles. The lowest BCUT2D eigenvalue weighted by Gasteiger charge is -2.30. The number of nitrogens with zero attached hydrogens (tertiary/aromatic N) is 4. The number of hydrogen-bond donors (Lipinski definition) is 1. The van der Waals surface area contributed by atoms with Gasteiger partial charge in [0.15, 0.2) is 0 Å². The van der Waals surface area contributed by atoms with Crippen LogP contribution in [0, 0.1) is 10.1 Å². The number of rotatable bonds is 2. The zero-order chi connectivity index (χ0) is 10.1. The van der Waals surface area contributed by atoms with Crippen molar-refractivity contribution < 1.29 is 4.92 Å². The number of anilines is 2. The Kier molecular flexibility index (Phi) is 1.91. The molecule has 0 unspecified atom stereocenters. The lowest BCUT2D eigenvalue weighted by atomic mass is 10.2. The molecule has 1 saturated heterocycles. The van der Waals surface area contributed by atoms with Gasteiger partial charge in [0.1, 0.15) is 6.20 Å². The zero-order valence-electron chi connectivity index (χ0n) is 7.38. The molecule has 2 N–H and O–H groups in total. The lowest BCUT2D eigenvalue weighted by molar-refractivity contribution is -0.384. The smallest absolute Gasteiger partial charge is 0.329 e. The van der Waals surface area contributed by atoms with Crippen molar-refractivity contribution in [2.45, 2.75) is 6.42 Å². The average Bonchev–Trinajstić information content (AvgIpc) is 2.00. The van der Waals surface area contributed by atoms with Crippen LogP contribution in [0.25, 0.3) is 0 Å². The Morgan fingerprint density at radius 1 is 1.57 bits per heavy atom. The molecule has 7 heteroatoms. The molecule has 0 radical (unpaired) electrons. The lowest BCUT2D eigenvalue weighted by Crippen LogP contribution is -2.38. The maximum atomic E-state index is 10.4. The molecular formula is C7H9N5O2. The Morgan fingerprint density at radius 3 is 2.71 bits per heavy atom. The predicted molar refractivity (Wildman–Crippen MR) is 49.9 cm³/mol. The molecule has 14 heavy (non-hydrogen) atoms. The van der Waals surface area contributed by atoms with Crippen LogP contribution in [-0.4, -0.2) is 28.0 Å². The quantitative estimate of drug-likeness (QED) is 0.533. The first-order valence-electron chi connectivity index (χ1n) is 4.20. The van der Waals surface area contributed by atoms with Crippen LogP contribution in [0.5, 0.6) is 0 Å². The first-order chi connectivity index (χ1) is 6.68. The third kappa shape index (κ3) is 1.32. The number of hydrogen-bond acceptors (Lipinski definition) is 6. The summed E-state index contributed by atoms with van der Waals surface area (Å²) in [6, 6.07) is 0. The second-order valence-corrected chi connectivity index (χ2v) is 3.04. The third-order valence-electron chi connectivity index (χ3n) is 2.12. The van der Waals surface area contributed by atoms with Crippen molar-refractivity contribution in [2.24, 2.45) is 0 Å². The fraction of sp³-hybridized carbons (Fsp3) is 0.429. The van der Waals surface area contributed by atoms with Crippen molar-refractivity contribution in [3.63, 3.8) is 0 Å². The molecule has 2 heterocycles. The summed E-state index contributed by atoms with van der Waals surface area (Å²) in [6.45, 7) is 1.77. The van der Waals surface area contributed by atoms with Crippen LogP contribution in [0.1, 0.15) is 6.42 Å². The largest absolute Gasteiger partial charge is 0.378 e. The minimum Gasteiger partial charge on any atom is -0.378 e. The van der Waals surface area contributed by atoms with Crippen LogP contribution in [0.2, 0.25) is 0 Å². The summed E-state index contributed by atoms with van der Waals surface area (Å²) in [5.41, 5.74) is 5.18. The minimum absolute atomic E-state index is 0.0769. The van der Waals surface area contributed by atoms with Gasteiger partial charge in [-0.3, -0.25) is 10.1 Å². The van der Waals surface area contributed by atoms with Crippen molar-refractivity contribution in [1.29, 1.82) is 0 Å². The number of aromatic nitrogens is 2. The first kappa shape index (κ1) is 8.67. The fourth-order valence-corrected chi connectivity index (χ4v) is 1.19. The molecule has 7 nitrogen and oxygen atoms in total. The van der Waals surface area contributed by atoms with E-state index in [9.17, 15) is 10.1 Å². The van der Waals surface area contributed by atoms with E-state index in [1.807, 2.05) is 4.90 Å². The van der Waals surface area contributed by atoms with Gasteiger partial charge in [-0.1, -0.05) is 0 Å². The SMILES string of the molecule is Nc1nc(N2CCC2)ncc1[N+](=O)[O-]. The van der Waals surface area contributed by atoms with Gasteiger partial charge in [-0.15, -0.1) is 0 Å². The molecule has 1 aliphatic heterocycles. The third-order valence-corrected chi connectivity index (χ3v) is 2.12. The van der Waals surface area contributed by atoms with E-state index < -0.39 is 4.92 Å². The van der Waals surface area contributed by atoms with Crippen LogP contribution >= 0.6 is 0 Å². The second-order valence-electron chi connectivity index (χ2n) is 3.04. The molecule has 1 aliphatic rings. The molecule has 1 aromatic rings. The van der Waals surface area contributed by atoms with Crippen LogP contribution in [0.4, 0.5) is 17.5 Å². The van der Waals surface area contributed by atoms with E-state index in [0.717, 1.165) is 25.7 Å². The predicted octanol–water partition coefficient (Wildman–Crippen LogP) is 0.177. The maximum Gasteiger partial charge on any atom is 0.329 e. The Morgan fingerprint density at radius 2 is 2.29 bits per heavy atom. The summed E-state index contributed by atoms with van der Waals surface area (Å²) >= 11 is 0. The highest BCUT2D eigenvalue weighted by molar-refractivity contribution is 5.54. The first-order valence-corrected chi connectivity index (χ1v) is 4.20. The number of nitro groups is 1. The van der Waals surface area contributed by atoms with Gasteiger partial charge in [0, 0.05) is 13.1 Å². The van der Waals surface area contributed by atoms with Gasteiger partial charge in [0.05, 0.1) is 4.92 Å². The molecule has 0 spiro atoms. The fourth-order valence-electron chi connectivity index (χ4n) is 1.19. The van der Waals surface area contributed by atoms with E-state index in [1.165, 1.54) is 0 Å². The summed E-state index contributed by atoms with van der Waals surface area (Å²) in [4.78, 5) is 19.5. The average molecular weight is 195 g/mol. The van der Waals surface area contributed by atoms with Crippen molar-refractivity contribution in [3.05, 3.63) is 16.3 Å². The van der Waals surface area contributed by atoms with Gasteiger partial charge in [-0.25, -0.2) is 4.98 Å². The summed E-state index contributed by atoms with van der Waals surface area (Å²) in [7, 11) is 0. The molecule has 0 aliphatic carbocycles. The molecule has 0 saturated carbocycles. The number of nitrogen functional groups attached to an aromatic ring is 1. The topological polar surface area (TPSA) is 98.2 Å². The van der Waals surface area contributed by atoms with Gasteiger partial charge in [0.2, 0.25) is 11.8 Å². The zero-order valence-corrected chi connectivity index (χ0v) is 7.38. The summed E-state index contributed by atoms with van der Waals surface area (Å²) in [5.74, 6) is 0.395. The van der Waals surface area contributed by atoms with Gasteiger partial charge in [-0.05, 0) is 6.42 Å². The maximum absolute atomic E-state index is 10.4. The highest BCUT2D eigenvalue weighted by atomic mass is 16.6. The van der Waals surface area contributed by atoms with E-state index >= 15 is 0 Å². The molecule has 0 aromatic carbocycles. The minimum atomic E-state index is -0.588. The standard InChI is InChI=1S/C7H9N5O2/c8-6-5(12(13)14)4-9-7(10-6)11-2-1-3-11/h4H,1-3H2,(H2,8,9,10). The Balaban J connectivity index is 2.30. The molecular weight excluding hydrogens is 186 g/mol. The van der Waals surface area contributed by atoms with E-state index in [0.29, 0.717) is 5.95 Å². The van der Waals surface area contributed by atoms with Crippen LogP contribution in [-0.2, 0) is 0 Å². The summed E-state index contributed by atoms with van der Waals surface area (Å²) in [5, 5.41) is 10.4. The van der Waals surface area contributed by atoms with Crippen molar-refractivity contribution in [2.75, 3.05) is 23.7 Å². The molecule has 0 amide bonds. The second kappa shape index (κ2) is 3.09. The monoisotopic (exact) mass is 195 g/mol. The van der Waals surface area contributed by atoms with E-state index in [2.05, 4.69) is 9.97 Å². The Labute approximate surface area is 79.7 Å². The van der Waals surface area contributed by atoms with Gasteiger partial charge in [-0.2, -0.15) is 4.98 Å². The highest BCUT2D eigenvalue weighted by Crippen LogP contribution is 2.22. The van der Waals surface area contributed by atoms with Crippen molar-refractivity contribution in [3.8, 4) is 0 Å². The van der Waals surface area contributed by atoms with Crippen LogP contribution < -0.4 is 10.6 Å². The summed E-state index contributed by atoms with van der Waals surface area (Å²) < 4.78 is 0. The van der Waals surface area contributed by atoms with E-state index in [1.54, 1.807) is 0 Å². The van der Waals surface area contributed by atoms with Crippen LogP contribution in [0.15, 0.2) is 6.20 Å². The van der Waals surface area contributed by atoms with Gasteiger partial charge < -0.3 is 10.6 Å². The van der Waals surface area contributed by atoms with Gasteiger partial charge >= 0.3 is 5.69 Å². The van der Waals surface area contributed by atoms with Crippen molar-refractivity contribution in [1.82, 2.24) is 9.97 Å². The van der Waals surface area contributed by atoms with E-state index in [-0.39, 0.29) is 11.5 Å². The molecule has 0 atom stereocenters. The molecule has 2 rings (SSSR count). The summed E-state index contributed by atoms with van der Waals surface area (Å²) in [6.07, 6.45) is 2.25. The highest BCUT2D eigenvalue weighted by Gasteiger charge is 2.20. The Hall–Kier alpha value is -1.92. The van der Waals surface area contributed by atoms with Crippen molar-refractivity contribution >= 4 is 17.5 Å². The van der Waals surface area contributed by atoms with E-state index in [4.69, 9.17) is 5.73 Å². The molecule has 74 valence electrons. The van der Waals surface area contributed by atoms with Gasteiger partial charge in [0.25, 0.3) is 0 Å². The molecule has 1 fully saturated rings. The number of nitrogens with two attached hydrogens (primary N) is 1.